The topological polar surface area (TPSA) is 180 Å². The first-order chi connectivity index (χ1) is 22.5. The molecular weight excluding hydrogens is 630 g/mol. The fourth-order valence-electron chi connectivity index (χ4n) is 5.80. The molecule has 0 bridgehead atoms. The summed E-state index contributed by atoms with van der Waals surface area (Å²) in [5.41, 5.74) is 0.998. The lowest BCUT2D eigenvalue weighted by molar-refractivity contribution is -0.136. The third kappa shape index (κ3) is 7.52. The summed E-state index contributed by atoms with van der Waals surface area (Å²) in [4.78, 5) is 77.7. The lowest BCUT2D eigenvalue weighted by Crippen LogP contribution is -2.54. The van der Waals surface area contributed by atoms with Gasteiger partial charge in [0.05, 0.1) is 16.0 Å². The molecule has 15 heteroatoms. The average Bonchev–Trinajstić information content (AvgIpc) is 3.31. The predicted octanol–water partition coefficient (Wildman–Crippen LogP) is 0.985. The maximum Gasteiger partial charge on any atom is 0.266 e. The molecule has 0 spiro atoms. The van der Waals surface area contributed by atoms with Gasteiger partial charge in [0.15, 0.2) is 6.61 Å². The highest BCUT2D eigenvalue weighted by molar-refractivity contribution is 7.89. The monoisotopic (exact) mass is 667 g/mol. The van der Waals surface area contributed by atoms with Crippen molar-refractivity contribution in [2.45, 2.75) is 56.4 Å². The number of unbranched alkanes of at least 4 members (excludes halogenated alkanes) is 2. The van der Waals surface area contributed by atoms with Crippen molar-refractivity contribution in [1.82, 2.24) is 24.7 Å². The molecule has 1 atom stereocenters. The van der Waals surface area contributed by atoms with E-state index in [1.807, 2.05) is 6.92 Å². The standard InChI is InChI=1S/C32H37N5O9S/c1-21-9-11-22(12-10-21)47(44,45)36-18-16-35(17-19-36)28(40)8-3-2-4-15-33-27(39)20-46-25-7-5-6-23-29(25)32(43)37(31(23)42)24-13-14-26(38)34-30(24)41/h5-7,9-12,24H,2-4,8,13-20H2,1H3,(H,33,39)(H,34,38,41). The Hall–Kier alpha value is -4.63. The average molecular weight is 668 g/mol. The van der Waals surface area contributed by atoms with Crippen molar-refractivity contribution in [2.24, 2.45) is 0 Å². The summed E-state index contributed by atoms with van der Waals surface area (Å²) in [6.45, 7) is 2.98. The molecule has 14 nitrogen and oxygen atoms in total. The fourth-order valence-corrected chi connectivity index (χ4v) is 7.22. The second kappa shape index (κ2) is 14.4. The number of sulfonamides is 1. The van der Waals surface area contributed by atoms with Crippen LogP contribution in [-0.2, 0) is 29.2 Å². The van der Waals surface area contributed by atoms with Crippen LogP contribution in [0.4, 0.5) is 0 Å². The van der Waals surface area contributed by atoms with Gasteiger partial charge in [0.2, 0.25) is 27.7 Å². The highest BCUT2D eigenvalue weighted by Crippen LogP contribution is 2.33. The van der Waals surface area contributed by atoms with Crippen molar-refractivity contribution in [3.63, 3.8) is 0 Å². The number of rotatable bonds is 12. The number of hydrogen-bond donors (Lipinski definition) is 2. The zero-order valence-electron chi connectivity index (χ0n) is 26.0. The number of amides is 6. The fraction of sp³-hybridized carbons (Fsp3) is 0.438. The Bertz CT molecular complexity index is 1680. The smallest absolute Gasteiger partial charge is 0.266 e. The molecule has 0 radical (unpaired) electrons. The molecule has 3 heterocycles. The number of nitrogens with one attached hydrogen (secondary N) is 2. The SMILES string of the molecule is Cc1ccc(S(=O)(=O)N2CCN(C(=O)CCCCCNC(=O)COc3cccc4c3C(=O)N(C3CCC(=O)NC3=O)C4=O)CC2)cc1. The summed E-state index contributed by atoms with van der Waals surface area (Å²) in [6.07, 6.45) is 2.28. The van der Waals surface area contributed by atoms with E-state index in [2.05, 4.69) is 10.6 Å². The summed E-state index contributed by atoms with van der Waals surface area (Å²) in [6, 6.07) is 10.0. The van der Waals surface area contributed by atoms with Gasteiger partial charge in [0.25, 0.3) is 17.7 Å². The van der Waals surface area contributed by atoms with Crippen LogP contribution < -0.4 is 15.4 Å². The molecule has 0 saturated carbocycles. The predicted molar refractivity (Wildman–Crippen MR) is 167 cm³/mol. The number of carbonyl (C=O) groups is 6. The van der Waals surface area contributed by atoms with E-state index in [0.717, 1.165) is 10.5 Å². The molecule has 2 aromatic rings. The first-order valence-electron chi connectivity index (χ1n) is 15.6. The molecule has 2 saturated heterocycles. The molecule has 0 aromatic heterocycles. The normalized spacial score (nSPS) is 18.6. The molecule has 3 aliphatic rings. The number of fused-ring (bicyclic) bond motifs is 1. The highest BCUT2D eigenvalue weighted by Gasteiger charge is 2.46. The van der Waals surface area contributed by atoms with Crippen molar-refractivity contribution in [3.8, 4) is 5.75 Å². The Balaban J connectivity index is 0.993. The summed E-state index contributed by atoms with van der Waals surface area (Å²) in [7, 11) is -3.60. The zero-order valence-corrected chi connectivity index (χ0v) is 26.8. The van der Waals surface area contributed by atoms with Crippen LogP contribution in [0.3, 0.4) is 0 Å². The summed E-state index contributed by atoms with van der Waals surface area (Å²) >= 11 is 0. The number of nitrogens with zero attached hydrogens (tertiary/aromatic N) is 3. The first kappa shape index (κ1) is 33.7. The minimum atomic E-state index is -3.60. The molecule has 250 valence electrons. The Morgan fingerprint density at radius 1 is 0.936 bits per heavy atom. The quantitative estimate of drug-likeness (QED) is 0.247. The minimum absolute atomic E-state index is 0.00455. The van der Waals surface area contributed by atoms with Crippen LogP contribution in [0.25, 0.3) is 0 Å². The second-order valence-electron chi connectivity index (χ2n) is 11.7. The number of benzene rings is 2. The van der Waals surface area contributed by atoms with E-state index in [1.54, 1.807) is 29.2 Å². The highest BCUT2D eigenvalue weighted by atomic mass is 32.2. The van der Waals surface area contributed by atoms with Crippen LogP contribution in [0.1, 0.15) is 64.8 Å². The van der Waals surface area contributed by atoms with Gasteiger partial charge in [-0.15, -0.1) is 0 Å². The molecule has 2 fully saturated rings. The molecule has 3 aliphatic heterocycles. The second-order valence-corrected chi connectivity index (χ2v) is 13.6. The van der Waals surface area contributed by atoms with E-state index >= 15 is 0 Å². The number of piperidine rings is 1. The maximum absolute atomic E-state index is 13.1. The van der Waals surface area contributed by atoms with Crippen LogP contribution in [0.15, 0.2) is 47.4 Å². The van der Waals surface area contributed by atoms with Gasteiger partial charge in [-0.25, -0.2) is 8.42 Å². The number of piperazine rings is 1. The molecule has 2 N–H and O–H groups in total. The van der Waals surface area contributed by atoms with Crippen LogP contribution in [0.5, 0.6) is 5.75 Å². The van der Waals surface area contributed by atoms with Crippen molar-refractivity contribution < 1.29 is 41.9 Å². The number of hydrogen-bond acceptors (Lipinski definition) is 9. The van der Waals surface area contributed by atoms with Crippen molar-refractivity contribution in [3.05, 3.63) is 59.2 Å². The van der Waals surface area contributed by atoms with Crippen LogP contribution in [0, 0.1) is 6.92 Å². The number of ether oxygens (including phenoxy) is 1. The molecule has 5 rings (SSSR count). The van der Waals surface area contributed by atoms with Crippen LogP contribution in [0.2, 0.25) is 0 Å². The van der Waals surface area contributed by atoms with E-state index in [0.29, 0.717) is 45.3 Å². The molecule has 6 amide bonds. The summed E-state index contributed by atoms with van der Waals surface area (Å²) < 4.78 is 32.8. The Kier molecular flexibility index (Phi) is 10.3. The van der Waals surface area contributed by atoms with Crippen molar-refractivity contribution in [1.29, 1.82) is 0 Å². The van der Waals surface area contributed by atoms with Crippen LogP contribution >= 0.6 is 0 Å². The lowest BCUT2D eigenvalue weighted by atomic mass is 10.0. The van der Waals surface area contributed by atoms with Gasteiger partial charge in [-0.3, -0.25) is 39.0 Å². The van der Waals surface area contributed by atoms with E-state index in [1.165, 1.54) is 22.5 Å². The lowest BCUT2D eigenvalue weighted by Gasteiger charge is -2.34. The first-order valence-corrected chi connectivity index (χ1v) is 17.0. The van der Waals surface area contributed by atoms with E-state index in [-0.39, 0.29) is 53.6 Å². The third-order valence-electron chi connectivity index (χ3n) is 8.43. The molecule has 1 unspecified atom stereocenters. The van der Waals surface area contributed by atoms with Gasteiger partial charge in [-0.05, 0) is 50.5 Å². The van der Waals surface area contributed by atoms with Gasteiger partial charge in [0.1, 0.15) is 11.8 Å². The molecule has 2 aromatic carbocycles. The van der Waals surface area contributed by atoms with Crippen molar-refractivity contribution >= 4 is 45.5 Å². The van der Waals surface area contributed by atoms with Gasteiger partial charge in [0, 0.05) is 45.6 Å². The van der Waals surface area contributed by atoms with Crippen LogP contribution in [-0.4, -0.2) is 103 Å². The van der Waals surface area contributed by atoms with E-state index < -0.39 is 52.2 Å². The number of imide groups is 2. The third-order valence-corrected chi connectivity index (χ3v) is 10.3. The summed E-state index contributed by atoms with van der Waals surface area (Å²) in [5, 5.41) is 4.88. The zero-order chi connectivity index (χ0) is 33.7. The van der Waals surface area contributed by atoms with Crippen molar-refractivity contribution in [2.75, 3.05) is 39.3 Å². The summed E-state index contributed by atoms with van der Waals surface area (Å²) in [5.74, 6) is -3.00. The van der Waals surface area contributed by atoms with Gasteiger partial charge < -0.3 is 15.0 Å². The maximum atomic E-state index is 13.1. The number of carbonyl (C=O) groups excluding carboxylic acids is 6. The van der Waals surface area contributed by atoms with Gasteiger partial charge >= 0.3 is 0 Å². The molecular formula is C32H37N5O9S. The largest absolute Gasteiger partial charge is 0.483 e. The Labute approximate surface area is 272 Å². The Morgan fingerprint density at radius 2 is 1.66 bits per heavy atom. The van der Waals surface area contributed by atoms with Gasteiger partial charge in [-0.1, -0.05) is 30.2 Å². The van der Waals surface area contributed by atoms with E-state index in [4.69, 9.17) is 4.74 Å². The van der Waals surface area contributed by atoms with Gasteiger partial charge in [-0.2, -0.15) is 4.31 Å². The van der Waals surface area contributed by atoms with E-state index in [9.17, 15) is 37.2 Å². The minimum Gasteiger partial charge on any atom is -0.483 e. The number of aryl methyl sites for hydroxylation is 1. The molecule has 47 heavy (non-hydrogen) atoms. The molecule has 0 aliphatic carbocycles. The Morgan fingerprint density at radius 3 is 2.36 bits per heavy atom.